The summed E-state index contributed by atoms with van der Waals surface area (Å²) >= 11 is 0. The standard InChI is InChI=1S/C48H96NO7P/c1-6-8-10-12-14-16-18-20-22-24-25-26-27-29-31-33-35-37-39-41-48(50)56-47(46-55-57(51,52)54-44-42-49(3,4)5)45-53-43-40-38-36-34-32-30-28-23-21-19-17-15-13-11-9-7-2/h24-25,47H,6-23,26-46H2,1-5H3/b25-24-/t47-/m1/s1. The molecule has 0 aliphatic carbocycles. The number of rotatable bonds is 46. The molecule has 0 rings (SSSR count). The van der Waals surface area contributed by atoms with Crippen LogP contribution in [0.15, 0.2) is 12.2 Å². The molecule has 0 aliphatic heterocycles. The van der Waals surface area contributed by atoms with Crippen LogP contribution in [-0.4, -0.2) is 70.7 Å². The summed E-state index contributed by atoms with van der Waals surface area (Å²) < 4.78 is 34.7. The number of esters is 1. The van der Waals surface area contributed by atoms with Crippen molar-refractivity contribution in [2.75, 3.05) is 54.1 Å². The Kier molecular flexibility index (Phi) is 41.4. The molecular weight excluding hydrogens is 734 g/mol. The third-order valence-corrected chi connectivity index (χ3v) is 11.8. The molecule has 57 heavy (non-hydrogen) atoms. The number of hydrogen-bond acceptors (Lipinski definition) is 7. The van der Waals surface area contributed by atoms with Gasteiger partial charge in [0.1, 0.15) is 19.3 Å². The average molecular weight is 830 g/mol. The van der Waals surface area contributed by atoms with Gasteiger partial charge in [0.05, 0.1) is 34.4 Å². The zero-order valence-electron chi connectivity index (χ0n) is 38.6. The Balaban J connectivity index is 4.15. The highest BCUT2D eigenvalue weighted by atomic mass is 31.2. The van der Waals surface area contributed by atoms with E-state index in [2.05, 4.69) is 26.0 Å². The van der Waals surface area contributed by atoms with Crippen LogP contribution in [0.3, 0.4) is 0 Å². The summed E-state index contributed by atoms with van der Waals surface area (Å²) in [5.74, 6) is -0.333. The van der Waals surface area contributed by atoms with Crippen LogP contribution >= 0.6 is 7.82 Å². The molecule has 1 unspecified atom stereocenters. The Bertz CT molecular complexity index is 925. The van der Waals surface area contributed by atoms with Gasteiger partial charge in [-0.05, 0) is 38.5 Å². The number of carbonyl (C=O) groups excluding carboxylic acids is 1. The Morgan fingerprint density at radius 2 is 0.912 bits per heavy atom. The van der Waals surface area contributed by atoms with Crippen LogP contribution in [0.5, 0.6) is 0 Å². The number of nitrogens with zero attached hydrogens (tertiary/aromatic N) is 1. The van der Waals surface area contributed by atoms with Crippen LogP contribution < -0.4 is 4.89 Å². The van der Waals surface area contributed by atoms with Gasteiger partial charge in [-0.2, -0.15) is 0 Å². The number of allylic oxidation sites excluding steroid dienone is 2. The van der Waals surface area contributed by atoms with Crippen molar-refractivity contribution in [3.63, 3.8) is 0 Å². The van der Waals surface area contributed by atoms with E-state index in [0.29, 0.717) is 24.1 Å². The molecule has 0 fully saturated rings. The Hall–Kier alpha value is -0.760. The molecule has 0 spiro atoms. The van der Waals surface area contributed by atoms with Crippen molar-refractivity contribution in [3.05, 3.63) is 12.2 Å². The number of hydrogen-bond donors (Lipinski definition) is 0. The SMILES string of the molecule is CCCCCCCCCC/C=C\CCCCCCCCCC(=O)O[C@H](COCCCCCCCCCCCCCCCCCC)COP(=O)([O-])OCC[N+](C)(C)C. The Morgan fingerprint density at radius 3 is 1.33 bits per heavy atom. The fourth-order valence-corrected chi connectivity index (χ4v) is 7.74. The molecule has 2 atom stereocenters. The molecule has 0 saturated carbocycles. The van der Waals surface area contributed by atoms with Gasteiger partial charge in [0.2, 0.25) is 0 Å². The van der Waals surface area contributed by atoms with Gasteiger partial charge in [-0.3, -0.25) is 9.36 Å². The van der Waals surface area contributed by atoms with Crippen LogP contribution in [0.2, 0.25) is 0 Å². The van der Waals surface area contributed by atoms with E-state index in [1.807, 2.05) is 21.1 Å². The van der Waals surface area contributed by atoms with E-state index >= 15 is 0 Å². The summed E-state index contributed by atoms with van der Waals surface area (Å²) in [7, 11) is 1.37. The number of ether oxygens (including phenoxy) is 2. The van der Waals surface area contributed by atoms with Gasteiger partial charge >= 0.3 is 5.97 Å². The van der Waals surface area contributed by atoms with Crippen LogP contribution in [0.25, 0.3) is 0 Å². The van der Waals surface area contributed by atoms with Crippen molar-refractivity contribution in [1.29, 1.82) is 0 Å². The fourth-order valence-electron chi connectivity index (χ4n) is 7.01. The maximum Gasteiger partial charge on any atom is 0.306 e. The molecule has 0 radical (unpaired) electrons. The lowest BCUT2D eigenvalue weighted by Crippen LogP contribution is -2.37. The summed E-state index contributed by atoms with van der Waals surface area (Å²) in [4.78, 5) is 25.1. The zero-order chi connectivity index (χ0) is 42.0. The highest BCUT2D eigenvalue weighted by Gasteiger charge is 2.20. The van der Waals surface area contributed by atoms with Gasteiger partial charge in [0.25, 0.3) is 7.82 Å². The third kappa shape index (κ3) is 46.2. The minimum absolute atomic E-state index is 0.0287. The molecule has 0 N–H and O–H groups in total. The first-order valence-electron chi connectivity index (χ1n) is 24.4. The lowest BCUT2D eigenvalue weighted by Gasteiger charge is -2.28. The second-order valence-electron chi connectivity index (χ2n) is 17.8. The second kappa shape index (κ2) is 42.0. The molecule has 0 aliphatic rings. The van der Waals surface area contributed by atoms with Gasteiger partial charge in [-0.15, -0.1) is 0 Å². The number of phosphoric acid groups is 1. The maximum absolute atomic E-state index is 12.7. The van der Waals surface area contributed by atoms with E-state index < -0.39 is 13.9 Å². The number of carbonyl (C=O) groups is 1. The van der Waals surface area contributed by atoms with Crippen LogP contribution in [-0.2, 0) is 27.9 Å². The Labute approximate surface area is 354 Å². The van der Waals surface area contributed by atoms with Gasteiger partial charge in [0.15, 0.2) is 0 Å². The summed E-state index contributed by atoms with van der Waals surface area (Å²) in [6.07, 6.45) is 46.5. The highest BCUT2D eigenvalue weighted by Crippen LogP contribution is 2.38. The van der Waals surface area contributed by atoms with Crippen molar-refractivity contribution in [2.45, 2.75) is 238 Å². The monoisotopic (exact) mass is 830 g/mol. The van der Waals surface area contributed by atoms with E-state index in [1.165, 1.54) is 180 Å². The second-order valence-corrected chi connectivity index (χ2v) is 19.2. The molecule has 0 amide bonds. The topological polar surface area (TPSA) is 94.1 Å². The molecule has 0 aromatic rings. The maximum atomic E-state index is 12.7. The van der Waals surface area contributed by atoms with Gasteiger partial charge in [-0.1, -0.05) is 199 Å². The molecule has 0 heterocycles. The molecule has 340 valence electrons. The fraction of sp³-hybridized carbons (Fsp3) is 0.938. The molecule has 0 aromatic heterocycles. The van der Waals surface area contributed by atoms with Crippen molar-refractivity contribution in [1.82, 2.24) is 0 Å². The molecule has 9 heteroatoms. The molecule has 0 aromatic carbocycles. The predicted molar refractivity (Wildman–Crippen MR) is 241 cm³/mol. The number of phosphoric ester groups is 1. The van der Waals surface area contributed by atoms with Crippen LogP contribution in [0.1, 0.15) is 232 Å². The third-order valence-electron chi connectivity index (χ3n) is 10.8. The largest absolute Gasteiger partial charge is 0.756 e. The number of quaternary nitrogens is 1. The lowest BCUT2D eigenvalue weighted by molar-refractivity contribution is -0.870. The highest BCUT2D eigenvalue weighted by molar-refractivity contribution is 7.45. The minimum Gasteiger partial charge on any atom is -0.756 e. The number of unbranched alkanes of at least 4 members (excludes halogenated alkanes) is 30. The van der Waals surface area contributed by atoms with Crippen molar-refractivity contribution >= 4 is 13.8 Å². The smallest absolute Gasteiger partial charge is 0.306 e. The molecule has 0 saturated heterocycles. The average Bonchev–Trinajstić information content (AvgIpc) is 3.16. The summed E-state index contributed by atoms with van der Waals surface area (Å²) in [5.41, 5.74) is 0. The van der Waals surface area contributed by atoms with Crippen LogP contribution in [0, 0.1) is 0 Å². The summed E-state index contributed by atoms with van der Waals surface area (Å²) in [5, 5.41) is 0. The summed E-state index contributed by atoms with van der Waals surface area (Å²) in [6.45, 7) is 5.46. The predicted octanol–water partition coefficient (Wildman–Crippen LogP) is 14.0. The number of likely N-dealkylation sites (N-methyl/N-ethyl adjacent to an activating group) is 1. The van der Waals surface area contributed by atoms with Crippen molar-refractivity contribution < 1.29 is 37.3 Å². The Morgan fingerprint density at radius 1 is 0.526 bits per heavy atom. The lowest BCUT2D eigenvalue weighted by atomic mass is 10.0. The zero-order valence-corrected chi connectivity index (χ0v) is 39.5. The van der Waals surface area contributed by atoms with Gasteiger partial charge < -0.3 is 27.9 Å². The molecule has 8 nitrogen and oxygen atoms in total. The quantitative estimate of drug-likeness (QED) is 0.0198. The van der Waals surface area contributed by atoms with Crippen molar-refractivity contribution in [3.8, 4) is 0 Å². The normalized spacial score (nSPS) is 13.7. The summed E-state index contributed by atoms with van der Waals surface area (Å²) in [6, 6.07) is 0. The van der Waals surface area contributed by atoms with Gasteiger partial charge in [-0.25, -0.2) is 0 Å². The molecular formula is C48H96NO7P. The van der Waals surface area contributed by atoms with E-state index in [4.69, 9.17) is 18.5 Å². The van der Waals surface area contributed by atoms with Gasteiger partial charge in [0, 0.05) is 13.0 Å². The van der Waals surface area contributed by atoms with Crippen LogP contribution in [0.4, 0.5) is 0 Å². The minimum atomic E-state index is -4.52. The van der Waals surface area contributed by atoms with E-state index in [1.54, 1.807) is 0 Å². The first kappa shape index (κ1) is 56.2. The molecule has 0 bridgehead atoms. The van der Waals surface area contributed by atoms with E-state index in [-0.39, 0.29) is 25.8 Å². The van der Waals surface area contributed by atoms with Crippen molar-refractivity contribution in [2.24, 2.45) is 0 Å². The van der Waals surface area contributed by atoms with E-state index in [0.717, 1.165) is 32.1 Å². The first-order chi connectivity index (χ1) is 27.6. The van der Waals surface area contributed by atoms with E-state index in [9.17, 15) is 14.3 Å². The first-order valence-corrected chi connectivity index (χ1v) is 25.9.